The molecule has 0 aliphatic heterocycles. The highest BCUT2D eigenvalue weighted by Crippen LogP contribution is 2.26. The second-order valence-corrected chi connectivity index (χ2v) is 6.78. The van der Waals surface area contributed by atoms with Crippen LogP contribution in [0.4, 0.5) is 11.4 Å². The van der Waals surface area contributed by atoms with Crippen LogP contribution in [0.2, 0.25) is 0 Å². The first-order valence-corrected chi connectivity index (χ1v) is 8.86. The summed E-state index contributed by atoms with van der Waals surface area (Å²) in [4.78, 5) is 30.8. The fraction of sp³-hybridized carbons (Fsp3) is 0.227. The predicted octanol–water partition coefficient (Wildman–Crippen LogP) is 4.15. The van der Waals surface area contributed by atoms with Crippen LogP contribution < -0.4 is 10.2 Å². The van der Waals surface area contributed by atoms with E-state index < -0.39 is 0 Å². The number of pyridine rings is 1. The van der Waals surface area contributed by atoms with Crippen molar-refractivity contribution < 1.29 is 9.59 Å². The zero-order valence-corrected chi connectivity index (χ0v) is 16.0. The molecule has 0 bridgehead atoms. The number of carbonyl (C=O) groups is 2. The van der Waals surface area contributed by atoms with Crippen molar-refractivity contribution in [2.24, 2.45) is 0 Å². The van der Waals surface area contributed by atoms with Gasteiger partial charge in [-0.25, -0.2) is 0 Å². The van der Waals surface area contributed by atoms with E-state index in [0.717, 1.165) is 27.8 Å². The highest BCUT2D eigenvalue weighted by Gasteiger charge is 2.19. The van der Waals surface area contributed by atoms with E-state index in [9.17, 15) is 9.59 Å². The highest BCUT2D eigenvalue weighted by molar-refractivity contribution is 6.06. The van der Waals surface area contributed by atoms with Gasteiger partial charge in [-0.15, -0.1) is 0 Å². The number of para-hydroxylation sites is 1. The Morgan fingerprint density at radius 1 is 1.04 bits per heavy atom. The van der Waals surface area contributed by atoms with E-state index in [1.54, 1.807) is 6.20 Å². The molecular formula is C22H23N3O2. The molecule has 0 aliphatic rings. The summed E-state index contributed by atoms with van der Waals surface area (Å²) in [6.07, 6.45) is 1.68. The number of fused-ring (bicyclic) bond motifs is 1. The molecular weight excluding hydrogens is 338 g/mol. The number of amides is 2. The predicted molar refractivity (Wildman–Crippen MR) is 109 cm³/mol. The van der Waals surface area contributed by atoms with Gasteiger partial charge in [-0.3, -0.25) is 14.6 Å². The molecule has 5 heteroatoms. The van der Waals surface area contributed by atoms with Gasteiger partial charge in [0.05, 0.1) is 11.2 Å². The van der Waals surface area contributed by atoms with E-state index in [1.807, 2.05) is 63.2 Å². The number of carbonyl (C=O) groups excluding carboxylic acids is 2. The fourth-order valence-electron chi connectivity index (χ4n) is 3.37. The largest absolute Gasteiger partial charge is 0.324 e. The number of rotatable bonds is 4. The molecule has 0 atom stereocenters. The number of anilines is 2. The Morgan fingerprint density at radius 2 is 1.70 bits per heavy atom. The minimum Gasteiger partial charge on any atom is -0.324 e. The Bertz CT molecular complexity index is 999. The third-order valence-electron chi connectivity index (χ3n) is 4.53. The van der Waals surface area contributed by atoms with E-state index in [4.69, 9.17) is 0 Å². The van der Waals surface area contributed by atoms with Crippen molar-refractivity contribution in [2.75, 3.05) is 16.8 Å². The molecule has 138 valence electrons. The topological polar surface area (TPSA) is 62.3 Å². The van der Waals surface area contributed by atoms with Crippen molar-refractivity contribution in [3.63, 3.8) is 0 Å². The number of nitrogens with one attached hydrogen (secondary N) is 1. The number of benzene rings is 2. The number of hydrogen-bond acceptors (Lipinski definition) is 3. The average molecular weight is 361 g/mol. The lowest BCUT2D eigenvalue weighted by atomic mass is 10.1. The minimum absolute atomic E-state index is 0.0716. The van der Waals surface area contributed by atoms with Crippen LogP contribution in [0.5, 0.6) is 0 Å². The maximum Gasteiger partial charge on any atom is 0.244 e. The van der Waals surface area contributed by atoms with Crippen molar-refractivity contribution in [3.05, 3.63) is 65.4 Å². The highest BCUT2D eigenvalue weighted by atomic mass is 16.2. The molecule has 2 amide bonds. The van der Waals surface area contributed by atoms with Crippen LogP contribution in [0.3, 0.4) is 0 Å². The Balaban J connectivity index is 1.89. The summed E-state index contributed by atoms with van der Waals surface area (Å²) >= 11 is 0. The van der Waals surface area contributed by atoms with E-state index in [1.165, 1.54) is 11.8 Å². The second kappa shape index (κ2) is 7.58. The third kappa shape index (κ3) is 3.97. The summed E-state index contributed by atoms with van der Waals surface area (Å²) < 4.78 is 0. The Morgan fingerprint density at radius 3 is 2.37 bits per heavy atom. The van der Waals surface area contributed by atoms with Gasteiger partial charge in [0, 0.05) is 24.2 Å². The first-order chi connectivity index (χ1) is 12.9. The minimum atomic E-state index is -0.242. The molecule has 3 rings (SSSR count). The van der Waals surface area contributed by atoms with Crippen LogP contribution in [-0.2, 0) is 9.59 Å². The molecule has 1 heterocycles. The van der Waals surface area contributed by atoms with Gasteiger partial charge in [0.2, 0.25) is 11.8 Å². The molecule has 0 spiro atoms. The van der Waals surface area contributed by atoms with Crippen LogP contribution in [0, 0.1) is 20.8 Å². The van der Waals surface area contributed by atoms with Gasteiger partial charge in [-0.2, -0.15) is 0 Å². The molecule has 5 nitrogen and oxygen atoms in total. The lowest BCUT2D eigenvalue weighted by molar-refractivity contribution is -0.120. The fourth-order valence-corrected chi connectivity index (χ4v) is 3.37. The standard InChI is InChI=1S/C22H23N3O2/c1-14-11-15(2)21(16(3)12-14)24-20(27)13-25(17(4)26)19-9-5-7-18-8-6-10-23-22(18)19/h5-12H,13H2,1-4H3,(H,24,27). The summed E-state index contributed by atoms with van der Waals surface area (Å²) in [5.41, 5.74) is 5.28. The molecule has 27 heavy (non-hydrogen) atoms. The van der Waals surface area contributed by atoms with E-state index in [2.05, 4.69) is 10.3 Å². The molecule has 0 aliphatic carbocycles. The summed E-state index contributed by atoms with van der Waals surface area (Å²) in [6.45, 7) is 7.34. The van der Waals surface area contributed by atoms with Gasteiger partial charge in [0.25, 0.3) is 0 Å². The number of hydrogen-bond donors (Lipinski definition) is 1. The van der Waals surface area contributed by atoms with Gasteiger partial charge in [0.15, 0.2) is 0 Å². The molecule has 0 unspecified atom stereocenters. The number of nitrogens with zero attached hydrogens (tertiary/aromatic N) is 2. The second-order valence-electron chi connectivity index (χ2n) is 6.78. The van der Waals surface area contributed by atoms with Crippen LogP contribution in [-0.4, -0.2) is 23.3 Å². The lowest BCUT2D eigenvalue weighted by Gasteiger charge is -2.22. The van der Waals surface area contributed by atoms with Gasteiger partial charge in [-0.1, -0.05) is 35.9 Å². The van der Waals surface area contributed by atoms with E-state index in [-0.39, 0.29) is 18.4 Å². The molecule has 3 aromatic rings. The van der Waals surface area contributed by atoms with Crippen molar-refractivity contribution in [1.29, 1.82) is 0 Å². The first kappa shape index (κ1) is 18.6. The smallest absolute Gasteiger partial charge is 0.244 e. The Hall–Kier alpha value is -3.21. The Kier molecular flexibility index (Phi) is 5.21. The summed E-state index contributed by atoms with van der Waals surface area (Å²) in [5.74, 6) is -0.450. The number of aryl methyl sites for hydroxylation is 3. The van der Waals surface area contributed by atoms with Crippen LogP contribution in [0.1, 0.15) is 23.6 Å². The lowest BCUT2D eigenvalue weighted by Crippen LogP contribution is -2.37. The summed E-state index contributed by atoms with van der Waals surface area (Å²) in [5, 5.41) is 3.88. The monoisotopic (exact) mass is 361 g/mol. The van der Waals surface area contributed by atoms with Crippen LogP contribution >= 0.6 is 0 Å². The SMILES string of the molecule is CC(=O)N(CC(=O)Nc1c(C)cc(C)cc1C)c1cccc2cccnc12. The van der Waals surface area contributed by atoms with Crippen molar-refractivity contribution in [3.8, 4) is 0 Å². The molecule has 0 saturated carbocycles. The summed E-state index contributed by atoms with van der Waals surface area (Å²) in [7, 11) is 0. The van der Waals surface area contributed by atoms with Crippen LogP contribution in [0.15, 0.2) is 48.7 Å². The maximum absolute atomic E-state index is 12.7. The van der Waals surface area contributed by atoms with Gasteiger partial charge >= 0.3 is 0 Å². The van der Waals surface area contributed by atoms with E-state index >= 15 is 0 Å². The molecule has 1 N–H and O–H groups in total. The maximum atomic E-state index is 12.7. The van der Waals surface area contributed by atoms with Crippen LogP contribution in [0.25, 0.3) is 10.9 Å². The molecule has 1 aromatic heterocycles. The zero-order valence-electron chi connectivity index (χ0n) is 16.0. The quantitative estimate of drug-likeness (QED) is 0.759. The van der Waals surface area contributed by atoms with Crippen molar-refractivity contribution >= 4 is 34.1 Å². The van der Waals surface area contributed by atoms with Gasteiger partial charge in [-0.05, 0) is 44.0 Å². The molecule has 0 radical (unpaired) electrons. The molecule has 0 saturated heterocycles. The molecule has 2 aromatic carbocycles. The van der Waals surface area contributed by atoms with Gasteiger partial charge < -0.3 is 10.2 Å². The Labute approximate surface area is 159 Å². The summed E-state index contributed by atoms with van der Waals surface area (Å²) in [6, 6.07) is 13.4. The van der Waals surface area contributed by atoms with Crippen molar-refractivity contribution in [2.45, 2.75) is 27.7 Å². The number of aromatic nitrogens is 1. The first-order valence-electron chi connectivity index (χ1n) is 8.86. The van der Waals surface area contributed by atoms with Crippen molar-refractivity contribution in [1.82, 2.24) is 4.98 Å². The molecule has 0 fully saturated rings. The van der Waals surface area contributed by atoms with Gasteiger partial charge in [0.1, 0.15) is 6.54 Å². The zero-order chi connectivity index (χ0) is 19.6. The van der Waals surface area contributed by atoms with E-state index in [0.29, 0.717) is 11.2 Å². The average Bonchev–Trinajstić information content (AvgIpc) is 2.62. The normalized spacial score (nSPS) is 10.7. The third-order valence-corrected chi connectivity index (χ3v) is 4.53.